The molecular weight excluding hydrogens is 451 g/mol. The van der Waals surface area contributed by atoms with Gasteiger partial charge in [-0.1, -0.05) is 65.9 Å². The zero-order valence-electron chi connectivity index (χ0n) is 20.4. The van der Waals surface area contributed by atoms with Crippen LogP contribution in [0.2, 0.25) is 19.6 Å². The first-order chi connectivity index (χ1) is 15.5. The summed E-state index contributed by atoms with van der Waals surface area (Å²) in [6.07, 6.45) is 0. The van der Waals surface area contributed by atoms with Crippen molar-refractivity contribution in [2.45, 2.75) is 64.3 Å². The van der Waals surface area contributed by atoms with Crippen LogP contribution in [0.25, 0.3) is 11.5 Å². The average Bonchev–Trinajstić information content (AvgIpc) is 3.13. The van der Waals surface area contributed by atoms with Crippen molar-refractivity contribution in [2.24, 2.45) is 0 Å². The second-order valence-electron chi connectivity index (χ2n) is 9.66. The molecule has 1 aromatic heterocycles. The Kier molecular flexibility index (Phi) is 7.75. The van der Waals surface area contributed by atoms with E-state index < -0.39 is 16.2 Å². The van der Waals surface area contributed by atoms with E-state index in [-0.39, 0.29) is 16.3 Å². The number of nitro groups is 1. The van der Waals surface area contributed by atoms with Crippen LogP contribution < -0.4 is 4.43 Å². The Hall–Kier alpha value is -2.50. The van der Waals surface area contributed by atoms with Crippen molar-refractivity contribution < 1.29 is 13.8 Å². The molecule has 1 unspecified atom stereocenters. The molecule has 0 N–H and O–H groups in total. The molecule has 1 atom stereocenters. The topological polar surface area (TPSA) is 78.4 Å². The lowest BCUT2D eigenvalue weighted by Gasteiger charge is -2.34. The number of non-ortho nitro benzene ring substituents is 1. The molecule has 2 aromatic carbocycles. The summed E-state index contributed by atoms with van der Waals surface area (Å²) in [6, 6.07) is 16.7. The minimum absolute atomic E-state index is 0.0617. The van der Waals surface area contributed by atoms with Crippen molar-refractivity contribution in [3.63, 3.8) is 0 Å². The van der Waals surface area contributed by atoms with Gasteiger partial charge in [-0.3, -0.25) is 10.1 Å². The number of hydrogen-bond acceptors (Lipinski definition) is 5. The number of benzene rings is 2. The molecule has 0 fully saturated rings. The van der Waals surface area contributed by atoms with Crippen molar-refractivity contribution in [2.75, 3.05) is 0 Å². The number of hydrogen-bond donors (Lipinski definition) is 0. The van der Waals surface area contributed by atoms with E-state index in [1.54, 1.807) is 12.1 Å². The molecule has 0 spiro atoms. The van der Waals surface area contributed by atoms with Crippen LogP contribution in [0, 0.1) is 10.1 Å². The summed E-state index contributed by atoms with van der Waals surface area (Å²) in [7, 11) is -2.58. The smallest absolute Gasteiger partial charge is 0.296 e. The molecule has 3 rings (SSSR count). The van der Waals surface area contributed by atoms with E-state index in [9.17, 15) is 10.1 Å². The Bertz CT molecular complexity index is 1070. The Labute approximate surface area is 198 Å². The Morgan fingerprint density at radius 2 is 1.55 bits per heavy atom. The lowest BCUT2D eigenvalue weighted by Crippen LogP contribution is -2.29. The van der Waals surface area contributed by atoms with Gasteiger partial charge in [0.15, 0.2) is 0 Å². The maximum absolute atomic E-state index is 11.2. The first-order valence-corrected chi connectivity index (χ1v) is 16.2. The van der Waals surface area contributed by atoms with Gasteiger partial charge in [0.05, 0.1) is 10.6 Å². The van der Waals surface area contributed by atoms with Gasteiger partial charge in [-0.25, -0.2) is 4.98 Å². The number of nitrogens with zero attached hydrogens (tertiary/aromatic N) is 2. The number of aromatic nitrogens is 1. The first kappa shape index (κ1) is 25.1. The van der Waals surface area contributed by atoms with Crippen molar-refractivity contribution >= 4 is 21.9 Å². The van der Waals surface area contributed by atoms with E-state index in [2.05, 4.69) is 47.3 Å². The SMILES string of the molecule is CC(C)P(C(C)C)C(c1ccc([N+](=O)[O-])cc1)c1nc(-c2ccccc2)oc1O[Si](C)(C)C. The molecule has 0 amide bonds. The molecule has 0 saturated heterocycles. The molecule has 0 aliphatic rings. The fourth-order valence-electron chi connectivity index (χ4n) is 3.99. The molecule has 0 aliphatic heterocycles. The molecule has 1 heterocycles. The van der Waals surface area contributed by atoms with Crippen LogP contribution in [-0.2, 0) is 0 Å². The third-order valence-electron chi connectivity index (χ3n) is 5.21. The Morgan fingerprint density at radius 3 is 2.03 bits per heavy atom. The highest BCUT2D eigenvalue weighted by molar-refractivity contribution is 7.59. The summed E-state index contributed by atoms with van der Waals surface area (Å²) in [5.74, 6) is 1.01. The predicted octanol–water partition coefficient (Wildman–Crippen LogP) is 7.85. The van der Waals surface area contributed by atoms with Crippen molar-refractivity contribution in [1.82, 2.24) is 4.98 Å². The second-order valence-corrected chi connectivity index (χ2v) is 17.6. The van der Waals surface area contributed by atoms with Crippen molar-refractivity contribution in [3.8, 4) is 17.4 Å². The quantitative estimate of drug-likeness (QED) is 0.134. The predicted molar refractivity (Wildman–Crippen MR) is 138 cm³/mol. The third kappa shape index (κ3) is 6.09. The van der Waals surface area contributed by atoms with Crippen LogP contribution >= 0.6 is 7.92 Å². The van der Waals surface area contributed by atoms with Crippen LogP contribution in [0.15, 0.2) is 59.0 Å². The highest BCUT2D eigenvalue weighted by atomic mass is 31.1. The largest absolute Gasteiger partial charge is 0.518 e. The van der Waals surface area contributed by atoms with E-state index in [4.69, 9.17) is 13.8 Å². The summed E-state index contributed by atoms with van der Waals surface area (Å²) < 4.78 is 12.7. The van der Waals surface area contributed by atoms with E-state index in [1.807, 2.05) is 42.5 Å². The van der Waals surface area contributed by atoms with Gasteiger partial charge < -0.3 is 8.84 Å². The minimum Gasteiger partial charge on any atom is -0.518 e. The van der Waals surface area contributed by atoms with Gasteiger partial charge in [-0.15, -0.1) is 0 Å². The fourth-order valence-corrected chi connectivity index (χ4v) is 8.04. The highest BCUT2D eigenvalue weighted by Crippen LogP contribution is 2.62. The zero-order valence-corrected chi connectivity index (χ0v) is 22.3. The molecule has 33 heavy (non-hydrogen) atoms. The molecule has 0 radical (unpaired) electrons. The van der Waals surface area contributed by atoms with E-state index in [1.165, 1.54) is 0 Å². The molecule has 3 aromatic rings. The van der Waals surface area contributed by atoms with E-state index >= 15 is 0 Å². The van der Waals surface area contributed by atoms with Crippen LogP contribution in [0.1, 0.15) is 44.6 Å². The maximum atomic E-state index is 11.2. The minimum atomic E-state index is -1.99. The van der Waals surface area contributed by atoms with Gasteiger partial charge >= 0.3 is 0 Å². The van der Waals surface area contributed by atoms with E-state index in [0.29, 0.717) is 23.2 Å². The van der Waals surface area contributed by atoms with Crippen molar-refractivity contribution in [1.29, 1.82) is 0 Å². The number of oxazole rings is 1. The Balaban J connectivity index is 2.23. The van der Waals surface area contributed by atoms with Crippen LogP contribution in [-0.4, -0.2) is 29.5 Å². The van der Waals surface area contributed by atoms with Crippen molar-refractivity contribution in [3.05, 3.63) is 76.0 Å². The normalized spacial score (nSPS) is 13.0. The third-order valence-corrected chi connectivity index (χ3v) is 9.53. The van der Waals surface area contributed by atoms with Gasteiger partial charge in [0.2, 0.25) is 14.2 Å². The first-order valence-electron chi connectivity index (χ1n) is 11.2. The molecule has 0 saturated carbocycles. The van der Waals surface area contributed by atoms with E-state index in [0.717, 1.165) is 16.8 Å². The zero-order chi connectivity index (χ0) is 24.3. The molecular formula is C25H33N2O4PSi. The lowest BCUT2D eigenvalue weighted by molar-refractivity contribution is -0.384. The Morgan fingerprint density at radius 1 is 0.970 bits per heavy atom. The summed E-state index contributed by atoms with van der Waals surface area (Å²) in [4.78, 5) is 15.9. The van der Waals surface area contributed by atoms with Gasteiger partial charge in [-0.2, -0.15) is 0 Å². The molecule has 176 valence electrons. The number of nitro benzene ring substituents is 1. The van der Waals surface area contributed by atoms with Gasteiger partial charge in [-0.05, 0) is 48.7 Å². The second kappa shape index (κ2) is 10.2. The summed E-state index contributed by atoms with van der Waals surface area (Å²) in [6.45, 7) is 15.3. The van der Waals surface area contributed by atoms with Gasteiger partial charge in [0.1, 0.15) is 5.69 Å². The molecule has 0 aliphatic carbocycles. The molecule has 6 nitrogen and oxygen atoms in total. The highest BCUT2D eigenvalue weighted by Gasteiger charge is 2.36. The van der Waals surface area contributed by atoms with Crippen LogP contribution in [0.3, 0.4) is 0 Å². The molecule has 0 bridgehead atoms. The van der Waals surface area contributed by atoms with Gasteiger partial charge in [0.25, 0.3) is 11.6 Å². The monoisotopic (exact) mass is 484 g/mol. The number of rotatable bonds is 9. The summed E-state index contributed by atoms with van der Waals surface area (Å²) >= 11 is 0. The maximum Gasteiger partial charge on any atom is 0.296 e. The summed E-state index contributed by atoms with van der Waals surface area (Å²) in [5.41, 5.74) is 3.53. The fraction of sp³-hybridized carbons (Fsp3) is 0.400. The molecule has 8 heteroatoms. The summed E-state index contributed by atoms with van der Waals surface area (Å²) in [5, 5.41) is 11.2. The van der Waals surface area contributed by atoms with Crippen LogP contribution in [0.4, 0.5) is 5.69 Å². The standard InChI is InChI=1S/C25H33N2O4PSi/c1-17(2)32(18(3)4)23(19-13-15-21(16-14-19)27(28)29)22-25(31-33(5,6)7)30-24(26-22)20-11-9-8-10-12-20/h8-18,23H,1-7H3. The lowest BCUT2D eigenvalue weighted by atomic mass is 10.1. The van der Waals surface area contributed by atoms with Crippen LogP contribution in [0.5, 0.6) is 5.95 Å². The average molecular weight is 485 g/mol. The van der Waals surface area contributed by atoms with Gasteiger partial charge in [0, 0.05) is 17.7 Å².